The Morgan fingerprint density at radius 3 is 2.48 bits per heavy atom. The summed E-state index contributed by atoms with van der Waals surface area (Å²) < 4.78 is 0. The van der Waals surface area contributed by atoms with E-state index in [0.717, 1.165) is 45.3 Å². The van der Waals surface area contributed by atoms with Crippen molar-refractivity contribution in [3.63, 3.8) is 0 Å². The Morgan fingerprint density at radius 1 is 1.10 bits per heavy atom. The molecule has 3 heterocycles. The fourth-order valence-corrected chi connectivity index (χ4v) is 3.12. The van der Waals surface area contributed by atoms with E-state index < -0.39 is 6.10 Å². The Bertz CT molecular complexity index is 1170. The number of pyridine rings is 2. The molecule has 1 aromatic carbocycles. The molecule has 0 spiro atoms. The number of aromatic hydroxyl groups is 1. The highest BCUT2D eigenvalue weighted by molar-refractivity contribution is 5.97. The minimum atomic E-state index is -0.525. The number of hydrogen-bond donors (Lipinski definition) is 3. The molecule has 3 aromatic heterocycles. The van der Waals surface area contributed by atoms with E-state index in [-0.39, 0.29) is 5.75 Å². The Kier molecular flexibility index (Phi) is 6.99. The number of rotatable bonds is 5. The second-order valence-corrected chi connectivity index (χ2v) is 7.34. The first kappa shape index (κ1) is 22.0. The molecule has 1 unspecified atom stereocenters. The smallest absolute Gasteiger partial charge is 0.209 e. The van der Waals surface area contributed by atoms with E-state index >= 15 is 0 Å². The lowest BCUT2D eigenvalue weighted by atomic mass is 10.0. The van der Waals surface area contributed by atoms with Gasteiger partial charge in [0.05, 0.1) is 6.10 Å². The topological polar surface area (TPSA) is 102 Å². The van der Waals surface area contributed by atoms with Crippen LogP contribution in [0.5, 0.6) is 5.75 Å². The van der Waals surface area contributed by atoms with Gasteiger partial charge in [-0.15, -0.1) is 0 Å². The van der Waals surface area contributed by atoms with Crippen molar-refractivity contribution >= 4 is 17.4 Å². The van der Waals surface area contributed by atoms with Crippen LogP contribution < -0.4 is 0 Å². The number of amides is 1. The average Bonchev–Trinajstić information content (AvgIpc) is 3.22. The lowest BCUT2D eigenvalue weighted by Crippen LogP contribution is -2.06. The normalized spacial score (nSPS) is 11.5. The van der Waals surface area contributed by atoms with Crippen LogP contribution in [0.3, 0.4) is 0 Å². The Hall–Kier alpha value is -3.71. The van der Waals surface area contributed by atoms with Crippen LogP contribution in [0, 0.1) is 0 Å². The number of aliphatic hydroxyl groups excluding tert-OH is 1. The molecule has 0 aliphatic rings. The lowest BCUT2D eigenvalue weighted by molar-refractivity contribution is -0.115. The predicted molar refractivity (Wildman–Crippen MR) is 121 cm³/mol. The lowest BCUT2D eigenvalue weighted by Gasteiger charge is -2.10. The van der Waals surface area contributed by atoms with Crippen molar-refractivity contribution in [3.05, 3.63) is 66.7 Å². The highest BCUT2D eigenvalue weighted by Gasteiger charge is 2.13. The molecule has 0 fully saturated rings. The molecule has 0 bridgehead atoms. The number of H-pyrrole nitrogens is 1. The van der Waals surface area contributed by atoms with Gasteiger partial charge in [0, 0.05) is 66.5 Å². The standard InChI is InChI=1S/C21H19N3O2.C3H7NO/c1-2-19(25)15-7-13(9-22-10-15)14-8-17-18(12-24-21(17)23-11-14)16-5-3-4-6-20(16)26;1-4(2)3-5/h3-12,19,25-26H,2H2,1H3,(H,23,24);3H,1-2H3. The first-order valence-corrected chi connectivity index (χ1v) is 9.95. The molecule has 1 atom stereocenters. The van der Waals surface area contributed by atoms with Crippen LogP contribution in [0.2, 0.25) is 0 Å². The summed E-state index contributed by atoms with van der Waals surface area (Å²) in [6, 6.07) is 11.2. The van der Waals surface area contributed by atoms with Gasteiger partial charge in [-0.1, -0.05) is 25.1 Å². The summed E-state index contributed by atoms with van der Waals surface area (Å²) >= 11 is 0. The quantitative estimate of drug-likeness (QED) is 0.423. The summed E-state index contributed by atoms with van der Waals surface area (Å²) in [7, 11) is 3.38. The maximum atomic E-state index is 10.2. The van der Waals surface area contributed by atoms with Crippen LogP contribution in [0.1, 0.15) is 25.0 Å². The number of benzene rings is 1. The minimum Gasteiger partial charge on any atom is -0.507 e. The van der Waals surface area contributed by atoms with Gasteiger partial charge in [-0.25, -0.2) is 4.98 Å². The molecule has 4 aromatic rings. The molecule has 0 radical (unpaired) electrons. The number of phenols is 1. The maximum Gasteiger partial charge on any atom is 0.209 e. The molecule has 31 heavy (non-hydrogen) atoms. The molecule has 0 saturated heterocycles. The first-order valence-electron chi connectivity index (χ1n) is 9.95. The number of nitrogens with zero attached hydrogens (tertiary/aromatic N) is 3. The minimum absolute atomic E-state index is 0.230. The van der Waals surface area contributed by atoms with Crippen molar-refractivity contribution < 1.29 is 15.0 Å². The molecule has 7 nitrogen and oxygen atoms in total. The van der Waals surface area contributed by atoms with E-state index in [2.05, 4.69) is 15.0 Å². The number of carbonyl (C=O) groups is 1. The Morgan fingerprint density at radius 2 is 1.81 bits per heavy atom. The van der Waals surface area contributed by atoms with Gasteiger partial charge in [-0.2, -0.15) is 0 Å². The Balaban J connectivity index is 0.000000491. The monoisotopic (exact) mass is 418 g/mol. The van der Waals surface area contributed by atoms with Crippen LogP contribution in [0.15, 0.2) is 61.2 Å². The third-order valence-corrected chi connectivity index (χ3v) is 4.80. The fourth-order valence-electron chi connectivity index (χ4n) is 3.12. The SMILES string of the molecule is CCC(O)c1cncc(-c2cnc3[nH]cc(-c4ccccc4O)c3c2)c1.CN(C)C=O. The summed E-state index contributed by atoms with van der Waals surface area (Å²) in [5.74, 6) is 0.230. The highest BCUT2D eigenvalue weighted by Crippen LogP contribution is 2.35. The van der Waals surface area contributed by atoms with E-state index in [4.69, 9.17) is 0 Å². The van der Waals surface area contributed by atoms with E-state index in [1.165, 1.54) is 4.90 Å². The second-order valence-electron chi connectivity index (χ2n) is 7.34. The van der Waals surface area contributed by atoms with Gasteiger partial charge >= 0.3 is 0 Å². The number of nitrogens with one attached hydrogen (secondary N) is 1. The molecule has 160 valence electrons. The molecular weight excluding hydrogens is 392 g/mol. The van der Waals surface area contributed by atoms with Gasteiger partial charge in [0.2, 0.25) is 6.41 Å². The molecule has 7 heteroatoms. The molecular formula is C24H26N4O3. The number of hydrogen-bond acceptors (Lipinski definition) is 5. The summed E-state index contributed by atoms with van der Waals surface area (Å²) in [6.07, 6.45) is 7.95. The van der Waals surface area contributed by atoms with Crippen molar-refractivity contribution in [3.8, 4) is 28.0 Å². The molecule has 1 amide bonds. The van der Waals surface area contributed by atoms with E-state index in [9.17, 15) is 15.0 Å². The van der Waals surface area contributed by atoms with E-state index in [1.54, 1.807) is 44.8 Å². The fraction of sp³-hybridized carbons (Fsp3) is 0.208. The highest BCUT2D eigenvalue weighted by atomic mass is 16.3. The van der Waals surface area contributed by atoms with Crippen LogP contribution in [-0.2, 0) is 4.79 Å². The predicted octanol–water partition coefficient (Wildman–Crippen LogP) is 4.15. The third-order valence-electron chi connectivity index (χ3n) is 4.80. The van der Waals surface area contributed by atoms with Crippen molar-refractivity contribution in [2.75, 3.05) is 14.1 Å². The van der Waals surface area contributed by atoms with Crippen molar-refractivity contribution in [2.24, 2.45) is 0 Å². The third kappa shape index (κ3) is 5.07. The molecule has 0 aliphatic heterocycles. The number of carbonyl (C=O) groups excluding carboxylic acids is 1. The molecule has 0 aliphatic carbocycles. The van der Waals surface area contributed by atoms with Gasteiger partial charge in [-0.3, -0.25) is 9.78 Å². The van der Waals surface area contributed by atoms with Gasteiger partial charge in [0.25, 0.3) is 0 Å². The summed E-state index contributed by atoms with van der Waals surface area (Å²) in [4.78, 5) is 22.8. The molecule has 0 saturated carbocycles. The van der Waals surface area contributed by atoms with E-state index in [1.807, 2.05) is 37.4 Å². The molecule has 4 rings (SSSR count). The number of aliphatic hydroxyl groups is 1. The maximum absolute atomic E-state index is 10.2. The van der Waals surface area contributed by atoms with Gasteiger partial charge in [0.15, 0.2) is 0 Å². The van der Waals surface area contributed by atoms with Crippen LogP contribution in [0.4, 0.5) is 0 Å². The Labute approximate surface area is 181 Å². The first-order chi connectivity index (χ1) is 14.9. The van der Waals surface area contributed by atoms with Crippen LogP contribution in [0.25, 0.3) is 33.3 Å². The second kappa shape index (κ2) is 9.86. The number of aromatic amines is 1. The van der Waals surface area contributed by atoms with Crippen molar-refractivity contribution in [2.45, 2.75) is 19.4 Å². The van der Waals surface area contributed by atoms with Crippen molar-refractivity contribution in [1.82, 2.24) is 19.9 Å². The molecule has 3 N–H and O–H groups in total. The van der Waals surface area contributed by atoms with Gasteiger partial charge in [-0.05, 0) is 30.2 Å². The van der Waals surface area contributed by atoms with E-state index in [0.29, 0.717) is 6.42 Å². The number of fused-ring (bicyclic) bond motifs is 1. The van der Waals surface area contributed by atoms with Crippen LogP contribution >= 0.6 is 0 Å². The summed E-state index contributed by atoms with van der Waals surface area (Å²) in [5, 5.41) is 21.2. The average molecular weight is 418 g/mol. The van der Waals surface area contributed by atoms with Gasteiger partial charge < -0.3 is 20.1 Å². The van der Waals surface area contributed by atoms with Crippen molar-refractivity contribution in [1.29, 1.82) is 0 Å². The van der Waals surface area contributed by atoms with Crippen LogP contribution in [-0.4, -0.2) is 50.6 Å². The number of aromatic nitrogens is 3. The largest absolute Gasteiger partial charge is 0.507 e. The zero-order chi connectivity index (χ0) is 22.4. The summed E-state index contributed by atoms with van der Waals surface area (Å²) in [5.41, 5.74) is 5.00. The summed E-state index contributed by atoms with van der Waals surface area (Å²) in [6.45, 7) is 1.93. The van der Waals surface area contributed by atoms with Gasteiger partial charge in [0.1, 0.15) is 11.4 Å². The number of phenolic OH excluding ortho intramolecular Hbond substituents is 1. The zero-order valence-corrected chi connectivity index (χ0v) is 17.8. The zero-order valence-electron chi connectivity index (χ0n) is 17.8. The number of para-hydroxylation sites is 1.